The summed E-state index contributed by atoms with van der Waals surface area (Å²) in [6.45, 7) is 7.62. The van der Waals surface area contributed by atoms with Crippen LogP contribution in [0.1, 0.15) is 68.2 Å². The van der Waals surface area contributed by atoms with E-state index in [4.69, 9.17) is 12.2 Å². The van der Waals surface area contributed by atoms with Gasteiger partial charge in [0.15, 0.2) is 0 Å². The second-order valence-electron chi connectivity index (χ2n) is 8.89. The first-order valence-electron chi connectivity index (χ1n) is 12.6. The Morgan fingerprint density at radius 1 is 1.08 bits per heavy atom. The third-order valence-electron chi connectivity index (χ3n) is 6.26. The highest BCUT2D eigenvalue weighted by atomic mass is 32.2. The number of amides is 1. The van der Waals surface area contributed by atoms with Crippen molar-refractivity contribution in [1.29, 1.82) is 5.26 Å². The fourth-order valence-corrected chi connectivity index (χ4v) is 5.57. The van der Waals surface area contributed by atoms with Crippen LogP contribution in [0.5, 0.6) is 0 Å². The van der Waals surface area contributed by atoms with Gasteiger partial charge in [-0.15, -0.1) is 0 Å². The molecule has 1 saturated heterocycles. The molecule has 3 rings (SSSR count). The molecular formula is C28H34N4O2S2. The highest BCUT2D eigenvalue weighted by molar-refractivity contribution is 8.26. The maximum atomic E-state index is 13.2. The monoisotopic (exact) mass is 522 g/mol. The number of rotatable bonds is 12. The summed E-state index contributed by atoms with van der Waals surface area (Å²) < 4.78 is 2.19. The van der Waals surface area contributed by atoms with Gasteiger partial charge in [0.1, 0.15) is 21.8 Å². The van der Waals surface area contributed by atoms with Gasteiger partial charge in [0, 0.05) is 25.2 Å². The Morgan fingerprint density at radius 3 is 2.50 bits per heavy atom. The molecule has 1 aromatic carbocycles. The molecule has 0 radical (unpaired) electrons. The molecule has 1 fully saturated rings. The number of hydrogen-bond donors (Lipinski definition) is 1. The lowest BCUT2D eigenvalue weighted by Gasteiger charge is -2.20. The summed E-state index contributed by atoms with van der Waals surface area (Å²) >= 11 is 6.81. The molecule has 6 nitrogen and oxygen atoms in total. The van der Waals surface area contributed by atoms with E-state index in [1.807, 2.05) is 25.1 Å². The number of carbonyl (C=O) groups excluding carboxylic acids is 1. The molecule has 36 heavy (non-hydrogen) atoms. The number of nitrogens with one attached hydrogen (secondary N) is 1. The minimum Gasteiger partial charge on any atom is -0.371 e. The molecule has 0 saturated carbocycles. The zero-order valence-electron chi connectivity index (χ0n) is 21.3. The second kappa shape index (κ2) is 13.4. The number of thiocarbonyl (C=S) groups is 1. The van der Waals surface area contributed by atoms with Gasteiger partial charge in [0.2, 0.25) is 0 Å². The Bertz CT molecular complexity index is 1230. The quantitative estimate of drug-likeness (QED) is 0.213. The summed E-state index contributed by atoms with van der Waals surface area (Å²) in [6, 6.07) is 12.2. The van der Waals surface area contributed by atoms with E-state index in [1.165, 1.54) is 17.3 Å². The maximum absolute atomic E-state index is 13.2. The minimum atomic E-state index is -0.306. The SMILES string of the molecule is CCCCCCN1C(=O)/C(=C\c2c(C)c(C#N)c(=O)n(CCC)c2NCCc2ccccc2)SC1=S. The summed E-state index contributed by atoms with van der Waals surface area (Å²) in [4.78, 5) is 28.6. The number of benzene rings is 1. The standard InChI is InChI=1S/C28H34N4O2S2/c1-4-6-7-11-17-32-27(34)24(36-28(32)35)18-22-20(3)23(19-29)26(33)31(16-5-2)25(22)30-15-14-21-12-9-8-10-13-21/h8-10,12-13,18,30H,4-7,11,14-17H2,1-3H3/b24-18+. The fraction of sp³-hybridized carbons (Fsp3) is 0.429. The van der Waals surface area contributed by atoms with Gasteiger partial charge in [-0.05, 0) is 43.4 Å². The number of pyridine rings is 1. The van der Waals surface area contributed by atoms with Crippen LogP contribution in [0, 0.1) is 18.3 Å². The van der Waals surface area contributed by atoms with Gasteiger partial charge in [-0.1, -0.05) is 87.4 Å². The number of aromatic nitrogens is 1. The largest absolute Gasteiger partial charge is 0.371 e. The Morgan fingerprint density at radius 2 is 1.83 bits per heavy atom. The molecule has 0 unspecified atom stereocenters. The molecule has 0 aliphatic carbocycles. The van der Waals surface area contributed by atoms with Crippen LogP contribution in [0.15, 0.2) is 40.0 Å². The van der Waals surface area contributed by atoms with Gasteiger partial charge >= 0.3 is 0 Å². The molecule has 1 N–H and O–H groups in total. The Kier molecular flexibility index (Phi) is 10.3. The molecule has 0 spiro atoms. The zero-order chi connectivity index (χ0) is 26.1. The van der Waals surface area contributed by atoms with E-state index in [0.29, 0.717) is 45.8 Å². The fourth-order valence-electron chi connectivity index (χ4n) is 4.28. The van der Waals surface area contributed by atoms with Crippen LogP contribution in [0.3, 0.4) is 0 Å². The smallest absolute Gasteiger partial charge is 0.270 e. The van der Waals surface area contributed by atoms with E-state index in [-0.39, 0.29) is 17.0 Å². The number of anilines is 1. The van der Waals surface area contributed by atoms with Gasteiger partial charge in [-0.3, -0.25) is 19.1 Å². The predicted octanol–water partition coefficient (Wildman–Crippen LogP) is 5.87. The average Bonchev–Trinajstić information content (AvgIpc) is 3.14. The molecule has 1 aromatic heterocycles. The van der Waals surface area contributed by atoms with Gasteiger partial charge < -0.3 is 5.32 Å². The predicted molar refractivity (Wildman–Crippen MR) is 153 cm³/mol. The lowest BCUT2D eigenvalue weighted by atomic mass is 10.0. The number of carbonyl (C=O) groups is 1. The first-order chi connectivity index (χ1) is 17.4. The maximum Gasteiger partial charge on any atom is 0.270 e. The third-order valence-corrected chi connectivity index (χ3v) is 7.63. The van der Waals surface area contributed by atoms with Crippen molar-refractivity contribution in [2.45, 2.75) is 65.8 Å². The molecule has 1 aliphatic rings. The Labute approximate surface area is 223 Å². The van der Waals surface area contributed by atoms with Crippen molar-refractivity contribution in [3.05, 3.63) is 67.8 Å². The van der Waals surface area contributed by atoms with E-state index in [1.54, 1.807) is 22.5 Å². The van der Waals surface area contributed by atoms with Crippen LogP contribution in [0.4, 0.5) is 5.82 Å². The highest BCUT2D eigenvalue weighted by Gasteiger charge is 2.32. The van der Waals surface area contributed by atoms with E-state index in [2.05, 4.69) is 30.4 Å². The summed E-state index contributed by atoms with van der Waals surface area (Å²) in [5.41, 5.74) is 2.26. The van der Waals surface area contributed by atoms with E-state index >= 15 is 0 Å². The number of thioether (sulfide) groups is 1. The van der Waals surface area contributed by atoms with Gasteiger partial charge in [0.25, 0.3) is 11.5 Å². The van der Waals surface area contributed by atoms with Crippen molar-refractivity contribution in [2.75, 3.05) is 18.4 Å². The van der Waals surface area contributed by atoms with E-state index in [0.717, 1.165) is 38.5 Å². The van der Waals surface area contributed by atoms with Gasteiger partial charge in [0.05, 0.1) is 4.91 Å². The lowest BCUT2D eigenvalue weighted by molar-refractivity contribution is -0.122. The summed E-state index contributed by atoms with van der Waals surface area (Å²) in [7, 11) is 0. The van der Waals surface area contributed by atoms with Crippen molar-refractivity contribution < 1.29 is 4.79 Å². The summed E-state index contributed by atoms with van der Waals surface area (Å²) in [5.74, 6) is 0.533. The number of unbranched alkanes of at least 4 members (excludes halogenated alkanes) is 3. The van der Waals surface area contributed by atoms with E-state index in [9.17, 15) is 14.9 Å². The first-order valence-corrected chi connectivity index (χ1v) is 13.9. The van der Waals surface area contributed by atoms with E-state index < -0.39 is 0 Å². The van der Waals surface area contributed by atoms with Crippen LogP contribution in [-0.4, -0.2) is 32.8 Å². The molecule has 1 aliphatic heterocycles. The molecular weight excluding hydrogens is 488 g/mol. The van der Waals surface area contributed by atoms with Crippen LogP contribution >= 0.6 is 24.0 Å². The first kappa shape index (κ1) is 27.7. The topological polar surface area (TPSA) is 78.1 Å². The normalized spacial score (nSPS) is 14.5. The summed E-state index contributed by atoms with van der Waals surface area (Å²) in [5, 5.41) is 13.2. The molecule has 0 bridgehead atoms. The molecule has 8 heteroatoms. The Hall–Kier alpha value is -2.89. The van der Waals surface area contributed by atoms with Crippen LogP contribution in [-0.2, 0) is 17.8 Å². The summed E-state index contributed by atoms with van der Waals surface area (Å²) in [6.07, 6.45) is 7.57. The number of hydrogen-bond acceptors (Lipinski definition) is 6. The molecule has 2 heterocycles. The van der Waals surface area contributed by atoms with Gasteiger partial charge in [-0.2, -0.15) is 5.26 Å². The Balaban J connectivity index is 1.98. The number of nitrogens with zero attached hydrogens (tertiary/aromatic N) is 3. The van der Waals surface area contributed by atoms with Crippen molar-refractivity contribution >= 4 is 46.1 Å². The third kappa shape index (κ3) is 6.45. The van der Waals surface area contributed by atoms with Crippen LogP contribution < -0.4 is 10.9 Å². The molecule has 0 atom stereocenters. The van der Waals surface area contributed by atoms with Crippen molar-refractivity contribution in [3.8, 4) is 6.07 Å². The van der Waals surface area contributed by atoms with Crippen LogP contribution in [0.2, 0.25) is 0 Å². The molecule has 2 aromatic rings. The minimum absolute atomic E-state index is 0.108. The van der Waals surface area contributed by atoms with Crippen LogP contribution in [0.25, 0.3) is 6.08 Å². The van der Waals surface area contributed by atoms with Gasteiger partial charge in [-0.25, -0.2) is 0 Å². The zero-order valence-corrected chi connectivity index (χ0v) is 22.9. The molecule has 1 amide bonds. The van der Waals surface area contributed by atoms with Crippen molar-refractivity contribution in [1.82, 2.24) is 9.47 Å². The van der Waals surface area contributed by atoms with Crippen molar-refractivity contribution in [3.63, 3.8) is 0 Å². The highest BCUT2D eigenvalue weighted by Crippen LogP contribution is 2.35. The average molecular weight is 523 g/mol. The van der Waals surface area contributed by atoms with Crippen molar-refractivity contribution in [2.24, 2.45) is 0 Å². The second-order valence-corrected chi connectivity index (χ2v) is 10.6. The number of nitriles is 1. The lowest BCUT2D eigenvalue weighted by Crippen LogP contribution is -2.29. The molecule has 190 valence electrons.